The number of rotatable bonds is 0. The molecule has 0 aromatic rings. The predicted molar refractivity (Wildman–Crippen MR) is 27.2 cm³/mol. The van der Waals surface area contributed by atoms with E-state index in [1.165, 1.54) is 6.08 Å². The van der Waals surface area contributed by atoms with Crippen molar-refractivity contribution in [3.8, 4) is 0 Å². The van der Waals surface area contributed by atoms with Crippen molar-refractivity contribution < 1.29 is 4.39 Å². The number of aliphatic imine (C=N–C) groups is 1. The minimum atomic E-state index is -0.109. The van der Waals surface area contributed by atoms with Gasteiger partial charge in [-0.25, -0.2) is 4.39 Å². The van der Waals surface area contributed by atoms with E-state index < -0.39 is 0 Å². The first-order valence-electron chi connectivity index (χ1n) is 2.22. The summed E-state index contributed by atoms with van der Waals surface area (Å²) in [6.45, 7) is 0.250. The molecule has 0 amide bonds. The van der Waals surface area contributed by atoms with Crippen molar-refractivity contribution in [1.29, 1.82) is 0 Å². The standard InChI is InChI=1S/C5H6FN/c6-5-2-1-3-7-4-5/h2-3H,1,4H2. The minimum Gasteiger partial charge on any atom is -0.290 e. The fraction of sp³-hybridized carbons (Fsp3) is 0.400. The number of nitrogens with zero attached hydrogens (tertiary/aromatic N) is 1. The van der Waals surface area contributed by atoms with Crippen molar-refractivity contribution in [2.75, 3.05) is 6.54 Å². The first-order valence-corrected chi connectivity index (χ1v) is 2.22. The lowest BCUT2D eigenvalue weighted by atomic mass is 10.3. The van der Waals surface area contributed by atoms with E-state index in [9.17, 15) is 4.39 Å². The van der Waals surface area contributed by atoms with Gasteiger partial charge in [-0.3, -0.25) is 4.99 Å². The van der Waals surface area contributed by atoms with Crippen molar-refractivity contribution in [2.24, 2.45) is 4.99 Å². The number of hydrogen-bond donors (Lipinski definition) is 0. The Bertz CT molecular complexity index is 115. The van der Waals surface area contributed by atoms with Crippen LogP contribution in [0.3, 0.4) is 0 Å². The second-order valence-electron chi connectivity index (χ2n) is 1.41. The Morgan fingerprint density at radius 3 is 2.86 bits per heavy atom. The van der Waals surface area contributed by atoms with Gasteiger partial charge < -0.3 is 0 Å². The Balaban J connectivity index is 2.50. The smallest absolute Gasteiger partial charge is 0.118 e. The predicted octanol–water partition coefficient (Wildman–Crippen LogP) is 1.31. The van der Waals surface area contributed by atoms with Gasteiger partial charge in [-0.05, 0) is 6.08 Å². The van der Waals surface area contributed by atoms with Crippen LogP contribution in [0.1, 0.15) is 6.42 Å². The molecule has 0 saturated heterocycles. The SMILES string of the molecule is FC1=CCC=NC1. The molecule has 0 bridgehead atoms. The first kappa shape index (κ1) is 4.50. The fourth-order valence-electron chi connectivity index (χ4n) is 0.471. The Hall–Kier alpha value is -0.660. The van der Waals surface area contributed by atoms with E-state index in [4.69, 9.17) is 0 Å². The van der Waals surface area contributed by atoms with Crippen molar-refractivity contribution in [3.63, 3.8) is 0 Å². The maximum atomic E-state index is 11.9. The zero-order chi connectivity index (χ0) is 5.11. The van der Waals surface area contributed by atoms with Crippen LogP contribution < -0.4 is 0 Å². The highest BCUT2D eigenvalue weighted by molar-refractivity contribution is 5.61. The summed E-state index contributed by atoms with van der Waals surface area (Å²) in [5, 5.41) is 0. The van der Waals surface area contributed by atoms with Gasteiger partial charge in [-0.1, -0.05) is 0 Å². The van der Waals surface area contributed by atoms with Crippen LogP contribution in [-0.2, 0) is 0 Å². The van der Waals surface area contributed by atoms with Crippen LogP contribution in [0.2, 0.25) is 0 Å². The Morgan fingerprint density at radius 1 is 1.71 bits per heavy atom. The van der Waals surface area contributed by atoms with Gasteiger partial charge in [0, 0.05) is 12.6 Å². The van der Waals surface area contributed by atoms with Crippen LogP contribution in [0.5, 0.6) is 0 Å². The van der Waals surface area contributed by atoms with Crippen molar-refractivity contribution in [2.45, 2.75) is 6.42 Å². The molecule has 0 aromatic heterocycles. The molecule has 0 aliphatic carbocycles. The average Bonchev–Trinajstić information content (AvgIpc) is 1.69. The summed E-state index contributed by atoms with van der Waals surface area (Å²) in [7, 11) is 0. The summed E-state index contributed by atoms with van der Waals surface area (Å²) in [5.74, 6) is -0.109. The van der Waals surface area contributed by atoms with Gasteiger partial charge >= 0.3 is 0 Å². The third kappa shape index (κ3) is 1.11. The molecule has 0 unspecified atom stereocenters. The molecular weight excluding hydrogens is 93.1 g/mol. The first-order chi connectivity index (χ1) is 3.39. The molecule has 7 heavy (non-hydrogen) atoms. The van der Waals surface area contributed by atoms with Gasteiger partial charge in [0.05, 0.1) is 6.54 Å². The molecule has 0 saturated carbocycles. The number of hydrogen-bond acceptors (Lipinski definition) is 1. The molecule has 38 valence electrons. The van der Waals surface area contributed by atoms with E-state index in [1.807, 2.05) is 0 Å². The largest absolute Gasteiger partial charge is 0.290 e. The second kappa shape index (κ2) is 1.87. The van der Waals surface area contributed by atoms with Crippen LogP contribution in [0.15, 0.2) is 16.9 Å². The molecule has 1 aliphatic heterocycles. The molecule has 0 radical (unpaired) electrons. The molecule has 1 nitrogen and oxygen atoms in total. The van der Waals surface area contributed by atoms with Crippen molar-refractivity contribution in [1.82, 2.24) is 0 Å². The van der Waals surface area contributed by atoms with Crippen LogP contribution >= 0.6 is 0 Å². The summed E-state index contributed by atoms with van der Waals surface area (Å²) in [6, 6.07) is 0. The fourth-order valence-corrected chi connectivity index (χ4v) is 0.471. The zero-order valence-corrected chi connectivity index (χ0v) is 3.89. The molecule has 0 N–H and O–H groups in total. The monoisotopic (exact) mass is 99.0 g/mol. The Labute approximate surface area is 41.6 Å². The van der Waals surface area contributed by atoms with E-state index >= 15 is 0 Å². The molecular formula is C5H6FN. The molecule has 0 atom stereocenters. The normalized spacial score (nSPS) is 19.3. The summed E-state index contributed by atoms with van der Waals surface area (Å²) in [5.41, 5.74) is 0. The summed E-state index contributed by atoms with van der Waals surface area (Å²) in [6.07, 6.45) is 3.90. The van der Waals surface area contributed by atoms with Crippen molar-refractivity contribution >= 4 is 6.21 Å². The van der Waals surface area contributed by atoms with Crippen LogP contribution in [-0.4, -0.2) is 12.8 Å². The Kier molecular flexibility index (Phi) is 1.20. The summed E-state index contributed by atoms with van der Waals surface area (Å²) in [4.78, 5) is 3.69. The lowest BCUT2D eigenvalue weighted by molar-refractivity contribution is 0.612. The maximum absolute atomic E-state index is 11.9. The second-order valence-corrected chi connectivity index (χ2v) is 1.41. The zero-order valence-electron chi connectivity index (χ0n) is 3.89. The summed E-state index contributed by atoms with van der Waals surface area (Å²) < 4.78 is 11.9. The van der Waals surface area contributed by atoms with Crippen LogP contribution in [0.4, 0.5) is 4.39 Å². The highest BCUT2D eigenvalue weighted by Crippen LogP contribution is 2.01. The molecule has 1 rings (SSSR count). The van der Waals surface area contributed by atoms with Gasteiger partial charge in [0.15, 0.2) is 0 Å². The summed E-state index contributed by atoms with van der Waals surface area (Å²) >= 11 is 0. The molecule has 0 fully saturated rings. The van der Waals surface area contributed by atoms with Gasteiger partial charge in [0.2, 0.25) is 0 Å². The topological polar surface area (TPSA) is 12.4 Å². The van der Waals surface area contributed by atoms with E-state index in [2.05, 4.69) is 4.99 Å². The van der Waals surface area contributed by atoms with Crippen LogP contribution in [0, 0.1) is 0 Å². The number of dihydropyridines is 1. The lowest BCUT2D eigenvalue weighted by Crippen LogP contribution is -1.88. The van der Waals surface area contributed by atoms with Gasteiger partial charge in [-0.2, -0.15) is 0 Å². The molecule has 1 aliphatic rings. The van der Waals surface area contributed by atoms with Gasteiger partial charge in [0.1, 0.15) is 5.83 Å². The van der Waals surface area contributed by atoms with E-state index in [-0.39, 0.29) is 12.4 Å². The number of allylic oxidation sites excluding steroid dienone is 1. The highest BCUT2D eigenvalue weighted by Gasteiger charge is 1.92. The van der Waals surface area contributed by atoms with Crippen LogP contribution in [0.25, 0.3) is 0 Å². The third-order valence-corrected chi connectivity index (χ3v) is 0.816. The van der Waals surface area contributed by atoms with E-state index in [1.54, 1.807) is 6.21 Å². The molecule has 2 heteroatoms. The number of halogens is 1. The lowest BCUT2D eigenvalue weighted by Gasteiger charge is -1.93. The quantitative estimate of drug-likeness (QED) is 0.434. The molecule has 1 heterocycles. The van der Waals surface area contributed by atoms with E-state index in [0.29, 0.717) is 6.42 Å². The third-order valence-electron chi connectivity index (χ3n) is 0.816. The van der Waals surface area contributed by atoms with Crippen molar-refractivity contribution in [3.05, 3.63) is 11.9 Å². The highest BCUT2D eigenvalue weighted by atomic mass is 19.1. The average molecular weight is 99.1 g/mol. The Morgan fingerprint density at radius 2 is 2.57 bits per heavy atom. The van der Waals surface area contributed by atoms with Gasteiger partial charge in [-0.15, -0.1) is 0 Å². The van der Waals surface area contributed by atoms with E-state index in [0.717, 1.165) is 0 Å². The maximum Gasteiger partial charge on any atom is 0.118 e. The minimum absolute atomic E-state index is 0.109. The molecule has 0 spiro atoms. The molecule has 0 aromatic carbocycles. The van der Waals surface area contributed by atoms with Gasteiger partial charge in [0.25, 0.3) is 0 Å².